The summed E-state index contributed by atoms with van der Waals surface area (Å²) in [5.74, 6) is 0.198. The zero-order valence-corrected chi connectivity index (χ0v) is 14.6. The van der Waals surface area contributed by atoms with Gasteiger partial charge in [-0.05, 0) is 25.0 Å². The summed E-state index contributed by atoms with van der Waals surface area (Å²) in [7, 11) is 0. The van der Waals surface area contributed by atoms with E-state index in [1.807, 2.05) is 0 Å². The van der Waals surface area contributed by atoms with Gasteiger partial charge in [0.25, 0.3) is 5.91 Å². The lowest BCUT2D eigenvalue weighted by molar-refractivity contribution is 0.0927. The maximum atomic E-state index is 12.2. The molecule has 1 aliphatic rings. The molecule has 1 aromatic heterocycles. The standard InChI is InChI=1S/C17H18Cl2N4O/c18-13-7-4-8-14(19)15(13)23-17-20-9-11(10-21-17)16(24)22-12-5-2-1-3-6-12/h4,7-10,12H,1-3,5-6H2,(H,22,24)(H,20,21,23). The normalized spacial score (nSPS) is 15.1. The molecule has 2 aromatic rings. The highest BCUT2D eigenvalue weighted by Gasteiger charge is 2.17. The molecular weight excluding hydrogens is 347 g/mol. The number of carbonyl (C=O) groups excluding carboxylic acids is 1. The Labute approximate surface area is 150 Å². The highest BCUT2D eigenvalue weighted by Crippen LogP contribution is 2.31. The fourth-order valence-electron chi connectivity index (χ4n) is 2.75. The van der Waals surface area contributed by atoms with E-state index in [0.29, 0.717) is 27.2 Å². The number of aromatic nitrogens is 2. The molecule has 5 nitrogen and oxygen atoms in total. The van der Waals surface area contributed by atoms with E-state index in [9.17, 15) is 4.79 Å². The quantitative estimate of drug-likeness (QED) is 0.832. The Bertz CT molecular complexity index is 695. The zero-order valence-electron chi connectivity index (χ0n) is 13.1. The first kappa shape index (κ1) is 17.0. The predicted octanol–water partition coefficient (Wildman–Crippen LogP) is 4.59. The van der Waals surface area contributed by atoms with Gasteiger partial charge in [-0.2, -0.15) is 0 Å². The molecule has 1 amide bonds. The first-order chi connectivity index (χ1) is 11.6. The van der Waals surface area contributed by atoms with Gasteiger partial charge in [0, 0.05) is 18.4 Å². The van der Waals surface area contributed by atoms with Crippen molar-refractivity contribution in [2.75, 3.05) is 5.32 Å². The lowest BCUT2D eigenvalue weighted by Crippen LogP contribution is -2.36. The van der Waals surface area contributed by atoms with Crippen LogP contribution in [0.25, 0.3) is 0 Å². The van der Waals surface area contributed by atoms with E-state index >= 15 is 0 Å². The Balaban J connectivity index is 1.65. The second-order valence-electron chi connectivity index (χ2n) is 5.83. The van der Waals surface area contributed by atoms with Gasteiger partial charge in [0.15, 0.2) is 0 Å². The summed E-state index contributed by atoms with van der Waals surface area (Å²) in [4.78, 5) is 20.6. The van der Waals surface area contributed by atoms with Crippen LogP contribution in [0.5, 0.6) is 0 Å². The molecule has 2 N–H and O–H groups in total. The van der Waals surface area contributed by atoms with E-state index in [0.717, 1.165) is 12.8 Å². The molecule has 126 valence electrons. The molecule has 24 heavy (non-hydrogen) atoms. The molecule has 1 heterocycles. The topological polar surface area (TPSA) is 66.9 Å². The van der Waals surface area contributed by atoms with Gasteiger partial charge in [0.05, 0.1) is 21.3 Å². The Kier molecular flexibility index (Phi) is 5.53. The van der Waals surface area contributed by atoms with Crippen LogP contribution in [0, 0.1) is 0 Å². The first-order valence-electron chi connectivity index (χ1n) is 7.97. The number of carbonyl (C=O) groups is 1. The summed E-state index contributed by atoms with van der Waals surface area (Å²) >= 11 is 12.2. The third-order valence-corrected chi connectivity index (χ3v) is 4.68. The third kappa shape index (κ3) is 4.16. The number of nitrogens with zero attached hydrogens (tertiary/aromatic N) is 2. The Morgan fingerprint density at radius 1 is 1.04 bits per heavy atom. The van der Waals surface area contributed by atoms with Gasteiger partial charge >= 0.3 is 0 Å². The van der Waals surface area contributed by atoms with Crippen LogP contribution >= 0.6 is 23.2 Å². The largest absolute Gasteiger partial charge is 0.349 e. The number of nitrogens with one attached hydrogen (secondary N) is 2. The second-order valence-corrected chi connectivity index (χ2v) is 6.64. The minimum absolute atomic E-state index is 0.135. The van der Waals surface area contributed by atoms with Crippen LogP contribution in [-0.2, 0) is 0 Å². The molecule has 3 rings (SSSR count). The van der Waals surface area contributed by atoms with E-state index in [-0.39, 0.29) is 11.9 Å². The molecule has 0 bridgehead atoms. The lowest BCUT2D eigenvalue weighted by Gasteiger charge is -2.22. The monoisotopic (exact) mass is 364 g/mol. The fraction of sp³-hybridized carbons (Fsp3) is 0.353. The van der Waals surface area contributed by atoms with Crippen molar-refractivity contribution in [1.82, 2.24) is 15.3 Å². The van der Waals surface area contributed by atoms with Gasteiger partial charge in [-0.25, -0.2) is 9.97 Å². The van der Waals surface area contributed by atoms with E-state index in [2.05, 4.69) is 20.6 Å². The van der Waals surface area contributed by atoms with Crippen molar-refractivity contribution in [2.45, 2.75) is 38.1 Å². The fourth-order valence-corrected chi connectivity index (χ4v) is 3.25. The summed E-state index contributed by atoms with van der Waals surface area (Å²) in [6, 6.07) is 5.46. The molecule has 1 aromatic carbocycles. The van der Waals surface area contributed by atoms with Gasteiger partial charge < -0.3 is 10.6 Å². The van der Waals surface area contributed by atoms with Crippen LogP contribution in [0.2, 0.25) is 10.0 Å². The second kappa shape index (κ2) is 7.81. The number of benzene rings is 1. The van der Waals surface area contributed by atoms with Crippen molar-refractivity contribution in [2.24, 2.45) is 0 Å². The summed E-state index contributed by atoms with van der Waals surface area (Å²) in [6.45, 7) is 0. The highest BCUT2D eigenvalue weighted by atomic mass is 35.5. The molecule has 1 fully saturated rings. The number of hydrogen-bond donors (Lipinski definition) is 2. The van der Waals surface area contributed by atoms with Crippen LogP contribution in [0.3, 0.4) is 0 Å². The van der Waals surface area contributed by atoms with Crippen LogP contribution in [-0.4, -0.2) is 21.9 Å². The van der Waals surface area contributed by atoms with Crippen molar-refractivity contribution in [3.05, 3.63) is 46.2 Å². The van der Waals surface area contributed by atoms with Crippen LogP contribution < -0.4 is 10.6 Å². The summed E-state index contributed by atoms with van der Waals surface area (Å²) < 4.78 is 0. The van der Waals surface area contributed by atoms with Crippen molar-refractivity contribution in [3.63, 3.8) is 0 Å². The molecule has 0 aliphatic heterocycles. The zero-order chi connectivity index (χ0) is 16.9. The average molecular weight is 365 g/mol. The number of amides is 1. The average Bonchev–Trinajstić information content (AvgIpc) is 2.60. The Morgan fingerprint density at radius 2 is 1.67 bits per heavy atom. The van der Waals surface area contributed by atoms with Gasteiger partial charge in [-0.15, -0.1) is 0 Å². The molecule has 1 saturated carbocycles. The van der Waals surface area contributed by atoms with Gasteiger partial charge in [0.2, 0.25) is 5.95 Å². The van der Waals surface area contributed by atoms with E-state index < -0.39 is 0 Å². The summed E-state index contributed by atoms with van der Waals surface area (Å²) in [6.07, 6.45) is 8.66. The molecule has 0 saturated heterocycles. The molecule has 1 aliphatic carbocycles. The predicted molar refractivity (Wildman–Crippen MR) is 96.1 cm³/mol. The van der Waals surface area contributed by atoms with Crippen molar-refractivity contribution >= 4 is 40.7 Å². The molecule has 0 spiro atoms. The number of rotatable bonds is 4. The molecular formula is C17H18Cl2N4O. The lowest BCUT2D eigenvalue weighted by atomic mass is 9.95. The Morgan fingerprint density at radius 3 is 2.29 bits per heavy atom. The first-order valence-corrected chi connectivity index (χ1v) is 8.73. The smallest absolute Gasteiger partial charge is 0.254 e. The molecule has 0 radical (unpaired) electrons. The van der Waals surface area contributed by atoms with E-state index in [1.54, 1.807) is 18.2 Å². The van der Waals surface area contributed by atoms with Gasteiger partial charge in [0.1, 0.15) is 0 Å². The number of para-hydroxylation sites is 1. The maximum Gasteiger partial charge on any atom is 0.254 e. The summed E-state index contributed by atoms with van der Waals surface area (Å²) in [5, 5.41) is 6.97. The molecule has 0 unspecified atom stereocenters. The van der Waals surface area contributed by atoms with Gasteiger partial charge in [-0.1, -0.05) is 48.5 Å². The molecule has 7 heteroatoms. The Hall–Kier alpha value is -1.85. The van der Waals surface area contributed by atoms with Crippen LogP contribution in [0.1, 0.15) is 42.5 Å². The highest BCUT2D eigenvalue weighted by molar-refractivity contribution is 6.39. The third-order valence-electron chi connectivity index (χ3n) is 4.05. The SMILES string of the molecule is O=C(NC1CCCCC1)c1cnc(Nc2c(Cl)cccc2Cl)nc1. The van der Waals surface area contributed by atoms with E-state index in [1.165, 1.54) is 31.7 Å². The van der Waals surface area contributed by atoms with Crippen molar-refractivity contribution < 1.29 is 4.79 Å². The van der Waals surface area contributed by atoms with Crippen LogP contribution in [0.4, 0.5) is 11.6 Å². The van der Waals surface area contributed by atoms with Crippen molar-refractivity contribution in [3.8, 4) is 0 Å². The minimum atomic E-state index is -0.135. The van der Waals surface area contributed by atoms with Crippen molar-refractivity contribution in [1.29, 1.82) is 0 Å². The van der Waals surface area contributed by atoms with Gasteiger partial charge in [-0.3, -0.25) is 4.79 Å². The van der Waals surface area contributed by atoms with Crippen LogP contribution in [0.15, 0.2) is 30.6 Å². The minimum Gasteiger partial charge on any atom is -0.349 e. The number of hydrogen-bond acceptors (Lipinski definition) is 4. The number of anilines is 2. The number of halogens is 2. The summed E-state index contributed by atoms with van der Waals surface area (Å²) in [5.41, 5.74) is 0.983. The van der Waals surface area contributed by atoms with E-state index in [4.69, 9.17) is 23.2 Å². The maximum absolute atomic E-state index is 12.2. The molecule has 0 atom stereocenters.